The summed E-state index contributed by atoms with van der Waals surface area (Å²) in [4.78, 5) is -0.0634. The summed E-state index contributed by atoms with van der Waals surface area (Å²) in [5.41, 5.74) is 1.11. The van der Waals surface area contributed by atoms with Crippen LogP contribution in [0.1, 0.15) is 22.1 Å². The molecule has 2 aromatic carbocycles. The van der Waals surface area contributed by atoms with Crippen molar-refractivity contribution in [3.8, 4) is 0 Å². The number of aryl methyl sites for hydroxylation is 2. The molecule has 9 heteroatoms. The molecule has 1 aromatic heterocycles. The Morgan fingerprint density at radius 1 is 1.00 bits per heavy atom. The number of hydrogen-bond donors (Lipinski definition) is 1. The molecule has 0 bridgehead atoms. The van der Waals surface area contributed by atoms with E-state index in [2.05, 4.69) is 4.72 Å². The molecule has 1 unspecified atom stereocenters. The van der Waals surface area contributed by atoms with E-state index in [0.717, 1.165) is 23.8 Å². The Bertz CT molecular complexity index is 1200. The van der Waals surface area contributed by atoms with Crippen LogP contribution in [0.4, 0.5) is 4.39 Å². The van der Waals surface area contributed by atoms with Gasteiger partial charge in [-0.15, -0.1) is 0 Å². The van der Waals surface area contributed by atoms with Crippen molar-refractivity contribution in [2.45, 2.75) is 28.9 Å². The number of halogens is 1. The smallest absolute Gasteiger partial charge is 0.240 e. The molecule has 1 N–H and O–H groups in total. The fourth-order valence-electron chi connectivity index (χ4n) is 2.91. The van der Waals surface area contributed by atoms with Crippen LogP contribution in [0.3, 0.4) is 0 Å². The van der Waals surface area contributed by atoms with Gasteiger partial charge in [-0.1, -0.05) is 17.7 Å². The molecule has 0 aliphatic carbocycles. The van der Waals surface area contributed by atoms with E-state index in [4.69, 9.17) is 4.42 Å². The van der Waals surface area contributed by atoms with Crippen molar-refractivity contribution in [3.63, 3.8) is 0 Å². The fourth-order valence-corrected chi connectivity index (χ4v) is 5.87. The molecule has 6 nitrogen and oxygen atoms in total. The van der Waals surface area contributed by atoms with E-state index in [1.807, 2.05) is 6.92 Å². The second-order valence-electron chi connectivity index (χ2n) is 6.62. The molecule has 0 aliphatic heterocycles. The first kappa shape index (κ1) is 21.2. The zero-order valence-electron chi connectivity index (χ0n) is 15.8. The van der Waals surface area contributed by atoms with E-state index >= 15 is 0 Å². The van der Waals surface area contributed by atoms with Crippen LogP contribution in [0.2, 0.25) is 0 Å². The van der Waals surface area contributed by atoms with Crippen molar-refractivity contribution >= 4 is 19.9 Å². The van der Waals surface area contributed by atoms with Gasteiger partial charge in [0.2, 0.25) is 10.0 Å². The lowest BCUT2D eigenvalue weighted by molar-refractivity contribution is 0.486. The Morgan fingerprint density at radius 2 is 1.69 bits per heavy atom. The lowest BCUT2D eigenvalue weighted by Gasteiger charge is -2.17. The minimum atomic E-state index is -4.07. The highest BCUT2D eigenvalue weighted by atomic mass is 32.2. The highest BCUT2D eigenvalue weighted by Crippen LogP contribution is 2.29. The van der Waals surface area contributed by atoms with E-state index in [1.54, 1.807) is 12.1 Å². The lowest BCUT2D eigenvalue weighted by Crippen LogP contribution is -2.32. The summed E-state index contributed by atoms with van der Waals surface area (Å²) in [6, 6.07) is 12.6. The highest BCUT2D eigenvalue weighted by Gasteiger charge is 2.33. The summed E-state index contributed by atoms with van der Waals surface area (Å²) >= 11 is 0. The molecule has 0 spiro atoms. The predicted molar refractivity (Wildman–Crippen MR) is 106 cm³/mol. The number of sulfone groups is 1. The van der Waals surface area contributed by atoms with Crippen LogP contribution in [0.5, 0.6) is 0 Å². The zero-order chi connectivity index (χ0) is 21.2. The van der Waals surface area contributed by atoms with Crippen molar-refractivity contribution in [3.05, 3.63) is 83.6 Å². The predicted octanol–water partition coefficient (Wildman–Crippen LogP) is 3.53. The van der Waals surface area contributed by atoms with Gasteiger partial charge in [-0.3, -0.25) is 0 Å². The molecule has 3 aromatic rings. The Hall–Kier alpha value is -2.49. The molecule has 29 heavy (non-hydrogen) atoms. The molecular weight excluding hydrogens is 417 g/mol. The Morgan fingerprint density at radius 3 is 2.28 bits per heavy atom. The summed E-state index contributed by atoms with van der Waals surface area (Å²) in [7, 11) is -8.01. The Balaban J connectivity index is 1.94. The molecular formula is C20H20FNO5S2. The molecule has 0 saturated heterocycles. The van der Waals surface area contributed by atoms with Gasteiger partial charge in [-0.25, -0.2) is 25.9 Å². The zero-order valence-corrected chi connectivity index (χ0v) is 17.4. The molecule has 1 heterocycles. The average molecular weight is 438 g/mol. The lowest BCUT2D eigenvalue weighted by atomic mass is 10.2. The van der Waals surface area contributed by atoms with Crippen LogP contribution in [0, 0.1) is 19.7 Å². The first-order valence-corrected chi connectivity index (χ1v) is 11.7. The maximum absolute atomic E-state index is 13.3. The maximum atomic E-state index is 13.3. The number of benzene rings is 2. The second-order valence-corrected chi connectivity index (χ2v) is 10.5. The third-order valence-electron chi connectivity index (χ3n) is 4.47. The minimum Gasteiger partial charge on any atom is -0.468 e. The first-order valence-electron chi connectivity index (χ1n) is 8.71. The number of sulfonamides is 1. The van der Waals surface area contributed by atoms with Gasteiger partial charge in [0.25, 0.3) is 0 Å². The average Bonchev–Trinajstić information content (AvgIpc) is 3.15. The molecule has 154 valence electrons. The van der Waals surface area contributed by atoms with Crippen LogP contribution < -0.4 is 4.72 Å². The van der Waals surface area contributed by atoms with E-state index in [1.165, 1.54) is 37.5 Å². The molecule has 0 saturated carbocycles. The number of hydrogen-bond acceptors (Lipinski definition) is 5. The van der Waals surface area contributed by atoms with Crippen molar-refractivity contribution in [2.24, 2.45) is 0 Å². The van der Waals surface area contributed by atoms with Crippen LogP contribution in [0.25, 0.3) is 0 Å². The van der Waals surface area contributed by atoms with Crippen LogP contribution in [-0.4, -0.2) is 23.4 Å². The van der Waals surface area contributed by atoms with Crippen LogP contribution in [0.15, 0.2) is 75.1 Å². The summed E-state index contributed by atoms with van der Waals surface area (Å²) in [5.74, 6) is -0.444. The first-order chi connectivity index (χ1) is 13.6. The van der Waals surface area contributed by atoms with E-state index in [-0.39, 0.29) is 21.1 Å². The van der Waals surface area contributed by atoms with Gasteiger partial charge in [-0.2, -0.15) is 0 Å². The van der Waals surface area contributed by atoms with Gasteiger partial charge in [0.05, 0.1) is 16.1 Å². The van der Waals surface area contributed by atoms with Crippen molar-refractivity contribution < 1.29 is 25.6 Å². The molecule has 0 radical (unpaired) electrons. The van der Waals surface area contributed by atoms with Crippen molar-refractivity contribution in [2.75, 3.05) is 6.54 Å². The second kappa shape index (κ2) is 8.10. The maximum Gasteiger partial charge on any atom is 0.240 e. The molecule has 0 fully saturated rings. The largest absolute Gasteiger partial charge is 0.468 e. The topological polar surface area (TPSA) is 93.5 Å². The van der Waals surface area contributed by atoms with Gasteiger partial charge < -0.3 is 4.42 Å². The quantitative estimate of drug-likeness (QED) is 0.610. The molecule has 0 amide bonds. The monoisotopic (exact) mass is 437 g/mol. The number of rotatable bonds is 7. The normalized spacial score (nSPS) is 13.3. The van der Waals surface area contributed by atoms with Crippen LogP contribution >= 0.6 is 0 Å². The SMILES string of the molecule is Cc1ccc(S(=O)(=O)C(CNS(=O)(=O)c2ccc(F)cc2C)c2ccco2)cc1. The van der Waals surface area contributed by atoms with Crippen molar-refractivity contribution in [1.29, 1.82) is 0 Å². The van der Waals surface area contributed by atoms with Gasteiger partial charge in [0.1, 0.15) is 16.8 Å². The highest BCUT2D eigenvalue weighted by molar-refractivity contribution is 7.92. The van der Waals surface area contributed by atoms with E-state index in [0.29, 0.717) is 0 Å². The summed E-state index contributed by atoms with van der Waals surface area (Å²) < 4.78 is 72.6. The third kappa shape index (κ3) is 4.58. The molecule has 0 aliphatic rings. The minimum absolute atomic E-state index is 0.0571. The summed E-state index contributed by atoms with van der Waals surface area (Å²) in [6.45, 7) is 2.85. The van der Waals surface area contributed by atoms with Gasteiger partial charge in [-0.05, 0) is 61.9 Å². The number of furan rings is 1. The standard InChI is InChI=1S/C20H20FNO5S2/c1-14-5-8-17(9-6-14)28(23,24)20(18-4-3-11-27-18)13-22-29(25,26)19-10-7-16(21)12-15(19)2/h3-12,20,22H,13H2,1-2H3. The van der Waals surface area contributed by atoms with E-state index < -0.39 is 37.5 Å². The van der Waals surface area contributed by atoms with Gasteiger partial charge in [0, 0.05) is 6.54 Å². The molecule has 3 rings (SSSR count). The van der Waals surface area contributed by atoms with Gasteiger partial charge >= 0.3 is 0 Å². The van der Waals surface area contributed by atoms with E-state index in [9.17, 15) is 21.2 Å². The molecule has 1 atom stereocenters. The third-order valence-corrected chi connectivity index (χ3v) is 8.13. The van der Waals surface area contributed by atoms with Crippen molar-refractivity contribution in [1.82, 2.24) is 4.72 Å². The number of nitrogens with one attached hydrogen (secondary N) is 1. The Labute approximate surface area is 169 Å². The summed E-state index contributed by atoms with van der Waals surface area (Å²) in [6.07, 6.45) is 1.33. The van der Waals surface area contributed by atoms with Crippen LogP contribution in [-0.2, 0) is 19.9 Å². The summed E-state index contributed by atoms with van der Waals surface area (Å²) in [5, 5.41) is -1.27. The van der Waals surface area contributed by atoms with Gasteiger partial charge in [0.15, 0.2) is 9.84 Å². The fraction of sp³-hybridized carbons (Fsp3) is 0.200. The Kier molecular flexibility index (Phi) is 5.92.